The zero-order chi connectivity index (χ0) is 16.1. The highest BCUT2D eigenvalue weighted by Gasteiger charge is 2.10. The van der Waals surface area contributed by atoms with Gasteiger partial charge in [-0.3, -0.25) is 0 Å². The third-order valence-corrected chi connectivity index (χ3v) is 2.87. The number of alkyl halides is 2. The molecule has 2 aromatic rings. The molecule has 0 spiro atoms. The van der Waals surface area contributed by atoms with Crippen LogP contribution in [0, 0.1) is 0 Å². The molecule has 0 bridgehead atoms. The number of nitrogens with zero attached hydrogens (tertiary/aromatic N) is 2. The number of anilines is 2. The molecule has 1 aromatic carbocycles. The lowest BCUT2D eigenvalue weighted by molar-refractivity contribution is -0.0498. The van der Waals surface area contributed by atoms with E-state index in [0.29, 0.717) is 11.4 Å². The van der Waals surface area contributed by atoms with Crippen molar-refractivity contribution in [1.29, 1.82) is 0 Å². The summed E-state index contributed by atoms with van der Waals surface area (Å²) in [6.45, 7) is -2.76. The van der Waals surface area contributed by atoms with E-state index in [1.165, 1.54) is 30.3 Å². The number of rotatable bonds is 6. The van der Waals surface area contributed by atoms with Gasteiger partial charge in [-0.25, -0.2) is 4.98 Å². The highest BCUT2D eigenvalue weighted by Crippen LogP contribution is 2.20. The molecule has 22 heavy (non-hydrogen) atoms. The fourth-order valence-electron chi connectivity index (χ4n) is 1.72. The molecule has 1 heterocycles. The van der Waals surface area contributed by atoms with Crippen LogP contribution in [0.25, 0.3) is 0 Å². The van der Waals surface area contributed by atoms with Gasteiger partial charge in [-0.2, -0.15) is 13.8 Å². The molecular weight excluding hydrogens is 318 g/mol. The van der Waals surface area contributed by atoms with E-state index in [9.17, 15) is 13.9 Å². The molecule has 0 saturated carbocycles. The Kier molecular flexibility index (Phi) is 5.29. The Morgan fingerprint density at radius 3 is 2.55 bits per heavy atom. The number of nitrogens with two attached hydrogens (primary N) is 1. The van der Waals surface area contributed by atoms with Crippen molar-refractivity contribution < 1.29 is 18.6 Å². The number of hydrogen-bond donors (Lipinski definition) is 3. The van der Waals surface area contributed by atoms with Crippen molar-refractivity contribution in [3.63, 3.8) is 0 Å². The van der Waals surface area contributed by atoms with Crippen LogP contribution in [0.4, 0.5) is 20.5 Å². The molecule has 1 aromatic heterocycles. The molecule has 0 amide bonds. The molecule has 1 atom stereocenters. The highest BCUT2D eigenvalue weighted by molar-refractivity contribution is 6.29. The molecule has 0 radical (unpaired) electrons. The van der Waals surface area contributed by atoms with Crippen molar-refractivity contribution >= 4 is 23.4 Å². The molecule has 118 valence electrons. The van der Waals surface area contributed by atoms with Crippen LogP contribution >= 0.6 is 11.6 Å². The van der Waals surface area contributed by atoms with Crippen molar-refractivity contribution in [2.75, 3.05) is 17.6 Å². The van der Waals surface area contributed by atoms with Gasteiger partial charge >= 0.3 is 6.61 Å². The Balaban J connectivity index is 1.95. The molecule has 0 saturated heterocycles. The van der Waals surface area contributed by atoms with Gasteiger partial charge in [-0.1, -0.05) is 23.7 Å². The molecule has 0 fully saturated rings. The molecule has 0 aliphatic carbocycles. The predicted octanol–water partition coefficient (Wildman–Crippen LogP) is 2.46. The van der Waals surface area contributed by atoms with Crippen molar-refractivity contribution in [2.45, 2.75) is 12.7 Å². The zero-order valence-corrected chi connectivity index (χ0v) is 12.0. The van der Waals surface area contributed by atoms with E-state index in [4.69, 9.17) is 17.3 Å². The largest absolute Gasteiger partial charge is 0.435 e. The lowest BCUT2D eigenvalue weighted by Crippen LogP contribution is -2.13. The van der Waals surface area contributed by atoms with E-state index < -0.39 is 12.7 Å². The van der Waals surface area contributed by atoms with Crippen LogP contribution in [0.2, 0.25) is 5.15 Å². The fourth-order valence-corrected chi connectivity index (χ4v) is 1.91. The van der Waals surface area contributed by atoms with Crippen LogP contribution in [0.15, 0.2) is 30.3 Å². The Morgan fingerprint density at radius 2 is 1.95 bits per heavy atom. The van der Waals surface area contributed by atoms with Crippen molar-refractivity contribution in [1.82, 2.24) is 9.97 Å². The van der Waals surface area contributed by atoms with Gasteiger partial charge < -0.3 is 20.9 Å². The van der Waals surface area contributed by atoms with Crippen LogP contribution in [0.3, 0.4) is 0 Å². The number of aliphatic hydroxyl groups is 1. The van der Waals surface area contributed by atoms with Gasteiger partial charge in [0.15, 0.2) is 0 Å². The van der Waals surface area contributed by atoms with E-state index in [-0.39, 0.29) is 23.4 Å². The Morgan fingerprint density at radius 1 is 1.27 bits per heavy atom. The first-order chi connectivity index (χ1) is 10.4. The van der Waals surface area contributed by atoms with Crippen LogP contribution in [0.1, 0.15) is 11.7 Å². The number of aromatic nitrogens is 2. The van der Waals surface area contributed by atoms with Crippen molar-refractivity contribution in [3.8, 4) is 5.75 Å². The lowest BCUT2D eigenvalue weighted by atomic mass is 10.1. The number of hydrogen-bond acceptors (Lipinski definition) is 6. The minimum absolute atomic E-state index is 0.0120. The maximum Gasteiger partial charge on any atom is 0.387 e. The van der Waals surface area contributed by atoms with E-state index in [1.54, 1.807) is 0 Å². The lowest BCUT2D eigenvalue weighted by Gasteiger charge is -2.13. The molecular formula is C13H13ClF2N4O2. The molecule has 0 aliphatic rings. The van der Waals surface area contributed by atoms with Gasteiger partial charge in [0.1, 0.15) is 16.7 Å². The monoisotopic (exact) mass is 330 g/mol. The predicted molar refractivity (Wildman–Crippen MR) is 78.0 cm³/mol. The number of halogens is 3. The second kappa shape index (κ2) is 7.19. The molecule has 2 rings (SSSR count). The number of nitrogens with one attached hydrogen (secondary N) is 1. The maximum atomic E-state index is 12.0. The standard InChI is InChI=1S/C13H13ClF2N4O2/c14-10-5-11(20-13(17)19-10)18-6-9(21)7-1-3-8(4-2-7)22-12(15)16/h1-5,9,12,21H,6H2,(H3,17,18,19,20). The number of ether oxygens (including phenoxy) is 1. The topological polar surface area (TPSA) is 93.3 Å². The van der Waals surface area contributed by atoms with Crippen LogP contribution in [0.5, 0.6) is 5.75 Å². The first-order valence-corrected chi connectivity index (χ1v) is 6.58. The van der Waals surface area contributed by atoms with Crippen molar-refractivity contribution in [3.05, 3.63) is 41.0 Å². The summed E-state index contributed by atoms with van der Waals surface area (Å²) in [5.41, 5.74) is 5.98. The van der Waals surface area contributed by atoms with Gasteiger partial charge in [-0.05, 0) is 17.7 Å². The summed E-state index contributed by atoms with van der Waals surface area (Å²) >= 11 is 5.73. The Hall–Kier alpha value is -2.19. The molecule has 4 N–H and O–H groups in total. The molecule has 1 unspecified atom stereocenters. The average Bonchev–Trinajstić information content (AvgIpc) is 2.44. The Labute approximate surface area is 129 Å². The minimum atomic E-state index is -2.88. The number of benzene rings is 1. The Bertz CT molecular complexity index is 608. The summed E-state index contributed by atoms with van der Waals surface area (Å²) in [6, 6.07) is 7.15. The van der Waals surface area contributed by atoms with E-state index in [0.717, 1.165) is 0 Å². The van der Waals surface area contributed by atoms with Crippen LogP contribution in [-0.2, 0) is 0 Å². The first-order valence-electron chi connectivity index (χ1n) is 6.21. The smallest absolute Gasteiger partial charge is 0.387 e. The van der Waals surface area contributed by atoms with Gasteiger partial charge in [0, 0.05) is 12.6 Å². The summed E-state index contributed by atoms with van der Waals surface area (Å²) in [7, 11) is 0. The van der Waals surface area contributed by atoms with E-state index >= 15 is 0 Å². The van der Waals surface area contributed by atoms with Gasteiger partial charge in [0.2, 0.25) is 5.95 Å². The summed E-state index contributed by atoms with van der Waals surface area (Å²) in [5, 5.41) is 13.1. The van der Waals surface area contributed by atoms with Crippen LogP contribution in [-0.4, -0.2) is 28.2 Å². The second-order valence-corrected chi connectivity index (χ2v) is 4.67. The summed E-state index contributed by atoms with van der Waals surface area (Å²) in [5.74, 6) is 0.404. The fraction of sp³-hybridized carbons (Fsp3) is 0.231. The molecule has 9 heteroatoms. The van der Waals surface area contributed by atoms with Gasteiger partial charge in [0.25, 0.3) is 0 Å². The zero-order valence-electron chi connectivity index (χ0n) is 11.2. The normalized spacial score (nSPS) is 12.2. The number of nitrogen functional groups attached to an aromatic ring is 1. The second-order valence-electron chi connectivity index (χ2n) is 4.28. The first kappa shape index (κ1) is 16.2. The number of aliphatic hydroxyl groups excluding tert-OH is 1. The minimum Gasteiger partial charge on any atom is -0.435 e. The SMILES string of the molecule is Nc1nc(Cl)cc(NCC(O)c2ccc(OC(F)F)cc2)n1. The third kappa shape index (κ3) is 4.68. The third-order valence-electron chi connectivity index (χ3n) is 2.68. The van der Waals surface area contributed by atoms with Crippen LogP contribution < -0.4 is 15.8 Å². The summed E-state index contributed by atoms with van der Waals surface area (Å²) in [4.78, 5) is 7.61. The summed E-state index contributed by atoms with van der Waals surface area (Å²) < 4.78 is 28.3. The quantitative estimate of drug-likeness (QED) is 0.704. The summed E-state index contributed by atoms with van der Waals surface area (Å²) in [6.07, 6.45) is -0.879. The highest BCUT2D eigenvalue weighted by atomic mass is 35.5. The van der Waals surface area contributed by atoms with Gasteiger partial charge in [-0.15, -0.1) is 0 Å². The van der Waals surface area contributed by atoms with Gasteiger partial charge in [0.05, 0.1) is 6.10 Å². The van der Waals surface area contributed by atoms with E-state index in [2.05, 4.69) is 20.0 Å². The molecule has 6 nitrogen and oxygen atoms in total. The average molecular weight is 331 g/mol. The molecule has 0 aliphatic heterocycles. The van der Waals surface area contributed by atoms with Crippen molar-refractivity contribution in [2.24, 2.45) is 0 Å². The van der Waals surface area contributed by atoms with E-state index in [1.807, 2.05) is 0 Å². The maximum absolute atomic E-state index is 12.0.